The second-order valence-corrected chi connectivity index (χ2v) is 12.0. The Morgan fingerprint density at radius 2 is 1.83 bits per heavy atom. The number of carbonyl (C=O) groups is 1. The standard InChI is InChI=1S/C17H25ClN2O3S/c1-24(2,22,23)20-9-6-17(7-10-20)5-8-19(13-17)16-11-15(18)4-3-14(16)12-21/h3-4,11-12H,5-10,13H2,1-2H3,(H,22,23). The summed E-state index contributed by atoms with van der Waals surface area (Å²) in [6.45, 7) is 3.03. The molecule has 2 saturated heterocycles. The summed E-state index contributed by atoms with van der Waals surface area (Å²) in [5.41, 5.74) is 1.71. The van der Waals surface area contributed by atoms with Gasteiger partial charge < -0.3 is 4.90 Å². The van der Waals surface area contributed by atoms with Gasteiger partial charge in [0.2, 0.25) is 0 Å². The van der Waals surface area contributed by atoms with Crippen molar-refractivity contribution in [2.24, 2.45) is 5.41 Å². The zero-order valence-corrected chi connectivity index (χ0v) is 15.8. The van der Waals surface area contributed by atoms with Crippen molar-refractivity contribution in [3.05, 3.63) is 28.8 Å². The highest BCUT2D eigenvalue weighted by Crippen LogP contribution is 2.44. The van der Waals surface area contributed by atoms with E-state index in [2.05, 4.69) is 4.90 Å². The summed E-state index contributed by atoms with van der Waals surface area (Å²) in [7, 11) is -3.64. The first-order valence-corrected chi connectivity index (χ1v) is 11.3. The minimum atomic E-state index is -3.64. The van der Waals surface area contributed by atoms with Crippen LogP contribution in [-0.4, -0.2) is 58.0 Å². The zero-order chi connectivity index (χ0) is 17.6. The Hall–Kier alpha value is -0.950. The van der Waals surface area contributed by atoms with E-state index in [-0.39, 0.29) is 5.41 Å². The zero-order valence-electron chi connectivity index (χ0n) is 14.2. The molecule has 1 N–H and O–H groups in total. The lowest BCUT2D eigenvalue weighted by Gasteiger charge is -2.50. The van der Waals surface area contributed by atoms with Gasteiger partial charge in [-0.3, -0.25) is 9.35 Å². The summed E-state index contributed by atoms with van der Waals surface area (Å²) < 4.78 is 24.3. The maximum absolute atomic E-state index is 12.4. The number of piperidine rings is 1. The molecule has 134 valence electrons. The molecule has 0 amide bonds. The minimum absolute atomic E-state index is 0.157. The smallest absolute Gasteiger partial charge is 0.152 e. The predicted octanol–water partition coefficient (Wildman–Crippen LogP) is 2.91. The molecular weight excluding hydrogens is 348 g/mol. The highest BCUT2D eigenvalue weighted by molar-refractivity contribution is 8.11. The minimum Gasteiger partial charge on any atom is -0.370 e. The number of hydrogen-bond acceptors (Lipinski definition) is 3. The van der Waals surface area contributed by atoms with E-state index in [1.54, 1.807) is 16.4 Å². The normalized spacial score (nSPS) is 23.2. The number of hydrogen-bond donors (Lipinski definition) is 1. The van der Waals surface area contributed by atoms with Crippen LogP contribution in [0.5, 0.6) is 0 Å². The summed E-state index contributed by atoms with van der Waals surface area (Å²) in [4.78, 5) is 13.5. The predicted molar refractivity (Wildman–Crippen MR) is 99.5 cm³/mol. The number of benzene rings is 1. The first-order valence-electron chi connectivity index (χ1n) is 8.20. The van der Waals surface area contributed by atoms with Gasteiger partial charge in [-0.05, 0) is 42.9 Å². The van der Waals surface area contributed by atoms with E-state index in [0.29, 0.717) is 23.7 Å². The number of rotatable bonds is 3. The largest absolute Gasteiger partial charge is 0.370 e. The molecule has 0 aromatic heterocycles. The van der Waals surface area contributed by atoms with Crippen LogP contribution in [0, 0.1) is 5.41 Å². The lowest BCUT2D eigenvalue weighted by atomic mass is 9.78. The number of carbonyl (C=O) groups excluding carboxylic acids is 1. The maximum atomic E-state index is 12.4. The Labute approximate surface area is 148 Å². The first-order chi connectivity index (χ1) is 11.1. The quantitative estimate of drug-likeness (QED) is 0.829. The van der Waals surface area contributed by atoms with Crippen LogP contribution >= 0.6 is 11.6 Å². The van der Waals surface area contributed by atoms with Crippen LogP contribution in [0.25, 0.3) is 0 Å². The molecular formula is C17H25ClN2O3S. The Kier molecular flexibility index (Phi) is 4.31. The summed E-state index contributed by atoms with van der Waals surface area (Å²) in [6, 6.07) is 5.35. The van der Waals surface area contributed by atoms with Crippen LogP contribution in [0.2, 0.25) is 5.02 Å². The molecule has 0 saturated carbocycles. The van der Waals surface area contributed by atoms with Gasteiger partial charge in [0, 0.05) is 55.0 Å². The van der Waals surface area contributed by atoms with Gasteiger partial charge in [0.25, 0.3) is 0 Å². The second-order valence-electron chi connectivity index (χ2n) is 7.62. The van der Waals surface area contributed by atoms with E-state index >= 15 is 0 Å². The fourth-order valence-corrected chi connectivity index (χ4v) is 5.31. The number of aldehydes is 1. The molecule has 2 aliphatic rings. The lowest BCUT2D eigenvalue weighted by molar-refractivity contribution is 0.112. The molecule has 1 aromatic carbocycles. The average molecular weight is 373 g/mol. The van der Waals surface area contributed by atoms with Crippen molar-refractivity contribution in [3.8, 4) is 0 Å². The molecule has 5 nitrogen and oxygen atoms in total. The lowest BCUT2D eigenvalue weighted by Crippen LogP contribution is -2.54. The third-order valence-electron chi connectivity index (χ3n) is 5.42. The molecule has 24 heavy (non-hydrogen) atoms. The summed E-state index contributed by atoms with van der Waals surface area (Å²) in [5, 5.41) is 0.631. The summed E-state index contributed by atoms with van der Waals surface area (Å²) in [5.74, 6) is 0. The first kappa shape index (κ1) is 17.9. The van der Waals surface area contributed by atoms with Crippen LogP contribution < -0.4 is 4.90 Å². The molecule has 2 aliphatic heterocycles. The highest BCUT2D eigenvalue weighted by Gasteiger charge is 2.43. The molecule has 2 heterocycles. The van der Waals surface area contributed by atoms with Gasteiger partial charge >= 0.3 is 0 Å². The van der Waals surface area contributed by atoms with Crippen LogP contribution in [0.3, 0.4) is 0 Å². The van der Waals surface area contributed by atoms with E-state index in [9.17, 15) is 13.6 Å². The van der Waals surface area contributed by atoms with Crippen LogP contribution in [0.4, 0.5) is 5.69 Å². The van der Waals surface area contributed by atoms with E-state index in [1.807, 2.05) is 6.07 Å². The Balaban J connectivity index is 1.74. The van der Waals surface area contributed by atoms with Crippen molar-refractivity contribution < 1.29 is 13.6 Å². The number of halogens is 1. The Morgan fingerprint density at radius 1 is 1.21 bits per heavy atom. The molecule has 1 spiro atoms. The third kappa shape index (κ3) is 3.52. The van der Waals surface area contributed by atoms with Gasteiger partial charge in [-0.2, -0.15) is 4.21 Å². The van der Waals surface area contributed by atoms with Crippen molar-refractivity contribution in [3.63, 3.8) is 0 Å². The highest BCUT2D eigenvalue weighted by atomic mass is 35.5. The molecule has 0 radical (unpaired) electrons. The van der Waals surface area contributed by atoms with Crippen molar-refractivity contribution in [2.45, 2.75) is 19.3 Å². The molecule has 3 rings (SSSR count). The van der Waals surface area contributed by atoms with Crippen molar-refractivity contribution in [1.29, 1.82) is 0 Å². The monoisotopic (exact) mass is 372 g/mol. The third-order valence-corrected chi connectivity index (χ3v) is 7.49. The van der Waals surface area contributed by atoms with E-state index in [4.69, 9.17) is 11.6 Å². The SMILES string of the molecule is CS(C)(=O)(O)N1CCC2(CCN(c3cc(Cl)ccc3C=O)C2)CC1. The van der Waals surface area contributed by atoms with E-state index < -0.39 is 9.53 Å². The Bertz CT molecular complexity index is 712. The van der Waals surface area contributed by atoms with Gasteiger partial charge in [-0.1, -0.05) is 11.6 Å². The molecule has 0 bridgehead atoms. The fourth-order valence-electron chi connectivity index (χ4n) is 3.92. The summed E-state index contributed by atoms with van der Waals surface area (Å²) >= 11 is 6.11. The number of nitrogens with zero attached hydrogens (tertiary/aromatic N) is 2. The van der Waals surface area contributed by atoms with Crippen LogP contribution in [0.1, 0.15) is 29.6 Å². The van der Waals surface area contributed by atoms with Gasteiger partial charge in [0.05, 0.1) is 0 Å². The second kappa shape index (κ2) is 5.80. The van der Waals surface area contributed by atoms with Crippen LogP contribution in [0.15, 0.2) is 18.2 Å². The van der Waals surface area contributed by atoms with Crippen molar-refractivity contribution >= 4 is 33.1 Å². The number of anilines is 1. The van der Waals surface area contributed by atoms with Crippen LogP contribution in [-0.2, 0) is 9.53 Å². The van der Waals surface area contributed by atoms with Crippen molar-refractivity contribution in [2.75, 3.05) is 43.6 Å². The molecule has 0 atom stereocenters. The van der Waals surface area contributed by atoms with E-state index in [0.717, 1.165) is 44.3 Å². The average Bonchev–Trinajstić information content (AvgIpc) is 2.89. The molecule has 0 unspecified atom stereocenters. The molecule has 0 aliphatic carbocycles. The summed E-state index contributed by atoms with van der Waals surface area (Å²) in [6.07, 6.45) is 6.57. The van der Waals surface area contributed by atoms with Gasteiger partial charge in [0.15, 0.2) is 6.29 Å². The maximum Gasteiger partial charge on any atom is 0.152 e. The molecule has 1 aromatic rings. The van der Waals surface area contributed by atoms with Gasteiger partial charge in [0.1, 0.15) is 0 Å². The van der Waals surface area contributed by atoms with E-state index in [1.165, 1.54) is 12.5 Å². The molecule has 2 fully saturated rings. The topological polar surface area (TPSA) is 60.9 Å². The van der Waals surface area contributed by atoms with Crippen molar-refractivity contribution in [1.82, 2.24) is 4.31 Å². The molecule has 7 heteroatoms. The fraction of sp³-hybridized carbons (Fsp3) is 0.588. The van der Waals surface area contributed by atoms with Gasteiger partial charge in [-0.25, -0.2) is 4.31 Å². The Morgan fingerprint density at radius 3 is 2.42 bits per heavy atom. The van der Waals surface area contributed by atoms with Gasteiger partial charge in [-0.15, -0.1) is 9.53 Å².